The van der Waals surface area contributed by atoms with E-state index in [0.717, 1.165) is 5.56 Å². The molecule has 0 aliphatic carbocycles. The van der Waals surface area contributed by atoms with Crippen molar-refractivity contribution in [2.45, 2.75) is 11.8 Å². The van der Waals surface area contributed by atoms with Gasteiger partial charge in [-0.05, 0) is 30.7 Å². The van der Waals surface area contributed by atoms with E-state index in [-0.39, 0.29) is 16.5 Å². The van der Waals surface area contributed by atoms with Crippen molar-refractivity contribution < 1.29 is 22.4 Å². The molecule has 0 fully saturated rings. The zero-order valence-corrected chi connectivity index (χ0v) is 17.2. The van der Waals surface area contributed by atoms with E-state index in [1.165, 1.54) is 20.3 Å². The van der Waals surface area contributed by atoms with Crippen LogP contribution in [0, 0.1) is 6.92 Å². The summed E-state index contributed by atoms with van der Waals surface area (Å²) in [6, 6.07) is 9.85. The van der Waals surface area contributed by atoms with Crippen molar-refractivity contribution in [3.63, 3.8) is 0 Å². The number of anilines is 3. The summed E-state index contributed by atoms with van der Waals surface area (Å²) in [6.07, 6.45) is 1.61. The lowest BCUT2D eigenvalue weighted by Crippen LogP contribution is -2.14. The number of H-pyrrole nitrogens is 1. The highest BCUT2D eigenvalue weighted by molar-refractivity contribution is 7.92. The summed E-state index contributed by atoms with van der Waals surface area (Å²) in [6.45, 7) is 1.85. The van der Waals surface area contributed by atoms with Gasteiger partial charge in [-0.25, -0.2) is 8.42 Å². The first-order valence-corrected chi connectivity index (χ1v) is 10.3. The lowest BCUT2D eigenvalue weighted by atomic mass is 10.2. The number of ether oxygens (including phenoxy) is 2. The number of rotatable bonds is 7. The van der Waals surface area contributed by atoms with Crippen LogP contribution in [0.3, 0.4) is 0 Å². The molecule has 2 aromatic heterocycles. The van der Waals surface area contributed by atoms with Crippen molar-refractivity contribution in [3.8, 4) is 11.5 Å². The predicted molar refractivity (Wildman–Crippen MR) is 111 cm³/mol. The monoisotopic (exact) mass is 429 g/mol. The van der Waals surface area contributed by atoms with E-state index in [2.05, 4.69) is 25.4 Å². The second-order valence-electron chi connectivity index (χ2n) is 6.43. The van der Waals surface area contributed by atoms with Crippen LogP contribution in [0.15, 0.2) is 52.0 Å². The number of fused-ring (bicyclic) bond motifs is 1. The molecule has 0 radical (unpaired) electrons. The Hall–Kier alpha value is -3.73. The SMILES string of the molecule is COc1cc2c(NS(=O)(=O)c3ccc(C)cc3OC)noc2cc1Nc1ccn[nH]1. The Morgan fingerprint density at radius 3 is 2.57 bits per heavy atom. The molecule has 0 atom stereocenters. The van der Waals surface area contributed by atoms with Gasteiger partial charge in [-0.15, -0.1) is 0 Å². The van der Waals surface area contributed by atoms with Crippen molar-refractivity contribution in [1.82, 2.24) is 15.4 Å². The molecule has 2 aromatic carbocycles. The molecule has 156 valence electrons. The number of aromatic amines is 1. The minimum absolute atomic E-state index is 0.00348. The third kappa shape index (κ3) is 3.62. The molecule has 0 aliphatic rings. The van der Waals surface area contributed by atoms with E-state index in [1.807, 2.05) is 6.92 Å². The van der Waals surface area contributed by atoms with Crippen LogP contribution in [0.5, 0.6) is 11.5 Å². The van der Waals surface area contributed by atoms with E-state index in [9.17, 15) is 8.42 Å². The zero-order chi connectivity index (χ0) is 21.3. The molecule has 0 aliphatic heterocycles. The molecule has 0 saturated heterocycles. The highest BCUT2D eigenvalue weighted by Gasteiger charge is 2.23. The Labute approximate surface area is 172 Å². The number of aryl methyl sites for hydroxylation is 1. The maximum absolute atomic E-state index is 12.9. The van der Waals surface area contributed by atoms with Crippen molar-refractivity contribution in [2.24, 2.45) is 0 Å². The Bertz CT molecular complexity index is 1300. The number of hydrogen-bond acceptors (Lipinski definition) is 8. The van der Waals surface area contributed by atoms with Crippen molar-refractivity contribution in [2.75, 3.05) is 24.3 Å². The summed E-state index contributed by atoms with van der Waals surface area (Å²) < 4.78 is 44.3. The van der Waals surface area contributed by atoms with Crippen molar-refractivity contribution in [1.29, 1.82) is 0 Å². The molecule has 2 heterocycles. The van der Waals surface area contributed by atoms with Crippen LogP contribution in [-0.4, -0.2) is 38.0 Å². The van der Waals surface area contributed by atoms with Crippen molar-refractivity contribution in [3.05, 3.63) is 48.2 Å². The van der Waals surface area contributed by atoms with Crippen molar-refractivity contribution >= 4 is 38.3 Å². The van der Waals surface area contributed by atoms with Gasteiger partial charge in [0, 0.05) is 12.1 Å². The summed E-state index contributed by atoms with van der Waals surface area (Å²) in [5.41, 5.74) is 1.84. The molecule has 3 N–H and O–H groups in total. The number of sulfonamides is 1. The maximum Gasteiger partial charge on any atom is 0.266 e. The van der Waals surface area contributed by atoms with Gasteiger partial charge in [-0.2, -0.15) is 5.10 Å². The molecule has 0 bridgehead atoms. The normalized spacial score (nSPS) is 11.4. The van der Waals surface area contributed by atoms with Gasteiger partial charge in [0.15, 0.2) is 11.4 Å². The van der Waals surface area contributed by atoms with Gasteiger partial charge in [-0.1, -0.05) is 11.2 Å². The zero-order valence-electron chi connectivity index (χ0n) is 16.4. The molecule has 4 rings (SSSR count). The summed E-state index contributed by atoms with van der Waals surface area (Å²) >= 11 is 0. The number of aromatic nitrogens is 3. The standard InChI is InChI=1S/C19H19N5O5S/c1-11-4-5-17(16(8-11)28-3)30(25,26)24-19-12-9-15(27-2)13(10-14(12)29-23-19)21-18-6-7-20-22-18/h4-10H,1-3H3,(H,23,24)(H2,20,21,22). The number of nitrogens with zero attached hydrogens (tertiary/aromatic N) is 2. The molecular weight excluding hydrogens is 410 g/mol. The third-order valence-electron chi connectivity index (χ3n) is 4.40. The topological polar surface area (TPSA) is 131 Å². The molecule has 0 saturated carbocycles. The molecule has 30 heavy (non-hydrogen) atoms. The molecule has 0 unspecified atom stereocenters. The predicted octanol–water partition coefficient (Wildman–Crippen LogP) is 3.42. The second-order valence-corrected chi connectivity index (χ2v) is 8.09. The Morgan fingerprint density at radius 2 is 1.87 bits per heavy atom. The lowest BCUT2D eigenvalue weighted by molar-refractivity contribution is 0.402. The molecule has 0 spiro atoms. The first-order chi connectivity index (χ1) is 14.4. The maximum atomic E-state index is 12.9. The van der Waals surface area contributed by atoms with E-state index in [0.29, 0.717) is 28.2 Å². The fourth-order valence-electron chi connectivity index (χ4n) is 2.95. The van der Waals surface area contributed by atoms with Crippen LogP contribution in [0.2, 0.25) is 0 Å². The van der Waals surface area contributed by atoms with E-state index >= 15 is 0 Å². The van der Waals surface area contributed by atoms with Gasteiger partial charge in [-0.3, -0.25) is 9.82 Å². The fraction of sp³-hybridized carbons (Fsp3) is 0.158. The first kappa shape index (κ1) is 19.6. The Kier molecular flexibility index (Phi) is 4.96. The fourth-order valence-corrected chi connectivity index (χ4v) is 4.12. The average Bonchev–Trinajstić information content (AvgIpc) is 3.37. The second kappa shape index (κ2) is 7.59. The van der Waals surface area contributed by atoms with E-state index in [1.54, 1.807) is 36.5 Å². The van der Waals surface area contributed by atoms with Gasteiger partial charge >= 0.3 is 0 Å². The van der Waals surface area contributed by atoms with Crippen LogP contribution in [0.4, 0.5) is 17.3 Å². The quantitative estimate of drug-likeness (QED) is 0.407. The average molecular weight is 429 g/mol. The molecule has 11 heteroatoms. The lowest BCUT2D eigenvalue weighted by Gasteiger charge is -2.11. The minimum atomic E-state index is -3.97. The number of benzene rings is 2. The molecule has 0 amide bonds. The van der Waals surface area contributed by atoms with Gasteiger partial charge in [0.2, 0.25) is 0 Å². The van der Waals surface area contributed by atoms with Gasteiger partial charge in [0.25, 0.3) is 10.0 Å². The van der Waals surface area contributed by atoms with Crippen LogP contribution in [0.1, 0.15) is 5.56 Å². The summed E-state index contributed by atoms with van der Waals surface area (Å²) in [4.78, 5) is -0.00348. The molecule has 10 nitrogen and oxygen atoms in total. The van der Waals surface area contributed by atoms with Gasteiger partial charge < -0.3 is 19.3 Å². The largest absolute Gasteiger partial charge is 0.495 e. The van der Waals surface area contributed by atoms with Crippen LogP contribution in [-0.2, 0) is 10.0 Å². The summed E-state index contributed by atoms with van der Waals surface area (Å²) in [5, 5.41) is 14.1. The number of nitrogens with one attached hydrogen (secondary N) is 3. The van der Waals surface area contributed by atoms with Gasteiger partial charge in [0.1, 0.15) is 22.2 Å². The molecular formula is C19H19N5O5S. The number of methoxy groups -OCH3 is 2. The molecule has 4 aromatic rings. The third-order valence-corrected chi connectivity index (χ3v) is 5.78. The van der Waals surface area contributed by atoms with Crippen LogP contribution in [0.25, 0.3) is 11.0 Å². The summed E-state index contributed by atoms with van der Waals surface area (Å²) in [5.74, 6) is 1.39. The van der Waals surface area contributed by atoms with Crippen LogP contribution < -0.4 is 19.5 Å². The minimum Gasteiger partial charge on any atom is -0.495 e. The number of hydrogen-bond donors (Lipinski definition) is 3. The van der Waals surface area contributed by atoms with E-state index < -0.39 is 10.0 Å². The highest BCUT2D eigenvalue weighted by Crippen LogP contribution is 2.36. The van der Waals surface area contributed by atoms with Gasteiger partial charge in [0.05, 0.1) is 31.5 Å². The Balaban J connectivity index is 1.71. The smallest absolute Gasteiger partial charge is 0.266 e. The Morgan fingerprint density at radius 1 is 1.07 bits per heavy atom. The first-order valence-electron chi connectivity index (χ1n) is 8.82. The highest BCUT2D eigenvalue weighted by atomic mass is 32.2. The van der Waals surface area contributed by atoms with Crippen LogP contribution >= 0.6 is 0 Å². The summed E-state index contributed by atoms with van der Waals surface area (Å²) in [7, 11) is -1.05. The van der Waals surface area contributed by atoms with E-state index in [4.69, 9.17) is 14.0 Å².